The van der Waals surface area contributed by atoms with Gasteiger partial charge in [0.1, 0.15) is 6.04 Å². The number of carbonyl (C=O) groups excluding carboxylic acids is 2. The molecule has 2 amide bonds. The number of carbonyl (C=O) groups is 2. The molecule has 0 radical (unpaired) electrons. The van der Waals surface area contributed by atoms with Gasteiger partial charge in [-0.2, -0.15) is 0 Å². The number of hydrogen-bond acceptors (Lipinski definition) is 2. The first kappa shape index (κ1) is 16.2. The van der Waals surface area contributed by atoms with Gasteiger partial charge < -0.3 is 9.80 Å². The summed E-state index contributed by atoms with van der Waals surface area (Å²) < 4.78 is 0. The molecular formula is C20H19ClN2O2. The minimum absolute atomic E-state index is 0.0547. The fraction of sp³-hybridized carbons (Fsp3) is 0.300. The van der Waals surface area contributed by atoms with Gasteiger partial charge in [-0.05, 0) is 47.2 Å². The van der Waals surface area contributed by atoms with Gasteiger partial charge in [-0.1, -0.05) is 48.5 Å². The van der Waals surface area contributed by atoms with Gasteiger partial charge in [0.2, 0.25) is 0 Å². The van der Waals surface area contributed by atoms with Crippen molar-refractivity contribution in [3.63, 3.8) is 0 Å². The van der Waals surface area contributed by atoms with Crippen LogP contribution >= 0.6 is 11.6 Å². The third-order valence-electron chi connectivity index (χ3n) is 5.25. The highest BCUT2D eigenvalue weighted by Crippen LogP contribution is 2.37. The second-order valence-corrected chi connectivity index (χ2v) is 7.09. The predicted octanol–water partition coefficient (Wildman–Crippen LogP) is 3.88. The van der Waals surface area contributed by atoms with Gasteiger partial charge >= 0.3 is 5.37 Å². The maximum atomic E-state index is 13.4. The average molecular weight is 355 g/mol. The first-order valence-electron chi connectivity index (χ1n) is 8.47. The van der Waals surface area contributed by atoms with Crippen molar-refractivity contribution in [1.29, 1.82) is 0 Å². The molecule has 2 aliphatic rings. The van der Waals surface area contributed by atoms with Crippen molar-refractivity contribution < 1.29 is 9.59 Å². The van der Waals surface area contributed by atoms with E-state index in [-0.39, 0.29) is 11.9 Å². The predicted molar refractivity (Wildman–Crippen MR) is 96.1 cm³/mol. The number of nitrogens with zero attached hydrogens (tertiary/aromatic N) is 2. The van der Waals surface area contributed by atoms with Crippen molar-refractivity contribution in [3.05, 3.63) is 70.8 Å². The Morgan fingerprint density at radius 3 is 2.24 bits per heavy atom. The number of fused-ring (bicyclic) bond motifs is 2. The molecule has 2 aromatic rings. The summed E-state index contributed by atoms with van der Waals surface area (Å²) in [5, 5.41) is -0.584. The maximum Gasteiger partial charge on any atom is 0.317 e. The summed E-state index contributed by atoms with van der Waals surface area (Å²) in [6.07, 6.45) is 0.825. The van der Waals surface area contributed by atoms with Gasteiger partial charge in [-0.3, -0.25) is 9.59 Å². The Bertz CT molecular complexity index is 851. The third-order valence-corrected chi connectivity index (χ3v) is 5.47. The van der Waals surface area contributed by atoms with E-state index in [0.717, 1.165) is 17.5 Å². The van der Waals surface area contributed by atoms with Gasteiger partial charge in [0, 0.05) is 19.1 Å². The molecule has 4 rings (SSSR count). The fourth-order valence-electron chi connectivity index (χ4n) is 3.95. The van der Waals surface area contributed by atoms with Crippen LogP contribution in [0, 0.1) is 0 Å². The van der Waals surface area contributed by atoms with E-state index in [1.807, 2.05) is 41.3 Å². The number of rotatable bonds is 1. The van der Waals surface area contributed by atoms with E-state index in [1.54, 1.807) is 0 Å². The molecule has 0 bridgehead atoms. The zero-order chi connectivity index (χ0) is 17.6. The van der Waals surface area contributed by atoms with E-state index < -0.39 is 11.4 Å². The number of hydrogen-bond donors (Lipinski definition) is 0. The summed E-state index contributed by atoms with van der Waals surface area (Å²) in [6, 6.07) is 15.3. The molecule has 2 aliphatic heterocycles. The summed E-state index contributed by atoms with van der Waals surface area (Å²) >= 11 is 5.79. The molecule has 0 N–H and O–H groups in total. The quantitative estimate of drug-likeness (QED) is 0.576. The van der Waals surface area contributed by atoms with Crippen LogP contribution in [-0.2, 0) is 24.3 Å². The molecule has 0 spiro atoms. The molecule has 4 nitrogen and oxygen atoms in total. The molecule has 0 aromatic heterocycles. The van der Waals surface area contributed by atoms with Gasteiger partial charge in [-0.25, -0.2) is 0 Å². The Labute approximate surface area is 152 Å². The largest absolute Gasteiger partial charge is 0.333 e. The topological polar surface area (TPSA) is 40.6 Å². The van der Waals surface area contributed by atoms with Crippen molar-refractivity contribution >= 4 is 22.9 Å². The molecule has 0 aliphatic carbocycles. The molecule has 5 heteroatoms. The highest BCUT2D eigenvalue weighted by atomic mass is 35.5. The Morgan fingerprint density at radius 2 is 1.52 bits per heavy atom. The molecule has 2 atom stereocenters. The molecular weight excluding hydrogens is 336 g/mol. The lowest BCUT2D eigenvalue weighted by Gasteiger charge is -2.38. The molecule has 2 aromatic carbocycles. The van der Waals surface area contributed by atoms with Crippen molar-refractivity contribution in [1.82, 2.24) is 9.80 Å². The zero-order valence-corrected chi connectivity index (χ0v) is 14.7. The van der Waals surface area contributed by atoms with Crippen LogP contribution in [0.15, 0.2) is 48.5 Å². The lowest BCUT2D eigenvalue weighted by molar-refractivity contribution is -0.139. The molecule has 1 unspecified atom stereocenters. The smallest absolute Gasteiger partial charge is 0.317 e. The minimum Gasteiger partial charge on any atom is -0.333 e. The Hall–Kier alpha value is -2.33. The fourth-order valence-corrected chi connectivity index (χ4v) is 4.11. The SMILES string of the molecule is C[C@@H]1Cc2ccccc2CN1C(=O)C1c2ccccc2CN1C(=O)Cl. The van der Waals surface area contributed by atoms with Crippen LogP contribution in [-0.4, -0.2) is 27.1 Å². The molecule has 2 heterocycles. The molecule has 128 valence electrons. The van der Waals surface area contributed by atoms with Crippen LogP contribution in [0.5, 0.6) is 0 Å². The summed E-state index contributed by atoms with van der Waals surface area (Å²) in [6.45, 7) is 3.01. The Kier molecular flexibility index (Phi) is 4.00. The van der Waals surface area contributed by atoms with Crippen LogP contribution in [0.1, 0.15) is 35.2 Å². The van der Waals surface area contributed by atoms with E-state index in [1.165, 1.54) is 16.0 Å². The van der Waals surface area contributed by atoms with Gasteiger partial charge in [0.05, 0.1) is 0 Å². The van der Waals surface area contributed by atoms with E-state index in [0.29, 0.717) is 13.1 Å². The van der Waals surface area contributed by atoms with Gasteiger partial charge in [-0.15, -0.1) is 0 Å². The van der Waals surface area contributed by atoms with E-state index in [9.17, 15) is 9.59 Å². The van der Waals surface area contributed by atoms with Crippen molar-refractivity contribution in [3.8, 4) is 0 Å². The summed E-state index contributed by atoms with van der Waals surface area (Å²) in [4.78, 5) is 28.6. The lowest BCUT2D eigenvalue weighted by Crippen LogP contribution is -2.47. The highest BCUT2D eigenvalue weighted by Gasteiger charge is 2.41. The van der Waals surface area contributed by atoms with E-state index in [4.69, 9.17) is 11.6 Å². The number of halogens is 1. The lowest BCUT2D eigenvalue weighted by atomic mass is 9.93. The molecule has 0 saturated heterocycles. The van der Waals surface area contributed by atoms with Crippen LogP contribution in [0.4, 0.5) is 4.79 Å². The first-order valence-corrected chi connectivity index (χ1v) is 8.85. The maximum absolute atomic E-state index is 13.4. The van der Waals surface area contributed by atoms with Crippen molar-refractivity contribution in [2.75, 3.05) is 0 Å². The second-order valence-electron chi connectivity index (χ2n) is 6.77. The zero-order valence-electron chi connectivity index (χ0n) is 14.0. The second kappa shape index (κ2) is 6.19. The highest BCUT2D eigenvalue weighted by molar-refractivity contribution is 6.63. The van der Waals surface area contributed by atoms with Crippen LogP contribution in [0.3, 0.4) is 0 Å². The Balaban J connectivity index is 1.69. The van der Waals surface area contributed by atoms with Crippen molar-refractivity contribution in [2.24, 2.45) is 0 Å². The third kappa shape index (κ3) is 2.71. The van der Waals surface area contributed by atoms with Crippen molar-refractivity contribution in [2.45, 2.75) is 38.5 Å². The normalized spacial score (nSPS) is 21.7. The summed E-state index contributed by atoms with van der Waals surface area (Å²) in [5.74, 6) is -0.0547. The van der Waals surface area contributed by atoms with Crippen LogP contribution in [0.2, 0.25) is 0 Å². The summed E-state index contributed by atoms with van der Waals surface area (Å²) in [5.41, 5.74) is 4.33. The van der Waals surface area contributed by atoms with Gasteiger partial charge in [0.25, 0.3) is 5.91 Å². The molecule has 0 fully saturated rings. The van der Waals surface area contributed by atoms with Crippen LogP contribution in [0.25, 0.3) is 0 Å². The summed E-state index contributed by atoms with van der Waals surface area (Å²) in [7, 11) is 0. The van der Waals surface area contributed by atoms with Crippen LogP contribution < -0.4 is 0 Å². The number of amides is 2. The van der Waals surface area contributed by atoms with Gasteiger partial charge in [0.15, 0.2) is 0 Å². The standard InChI is InChI=1S/C20H19ClN2O2/c1-13-10-14-6-2-3-7-15(14)11-22(13)19(24)18-17-9-5-4-8-16(17)12-23(18)20(21)25/h2-9,13,18H,10-12H2,1H3/t13-,18?/m1/s1. The first-order chi connectivity index (χ1) is 12.1. The minimum atomic E-state index is -0.631. The molecule has 25 heavy (non-hydrogen) atoms. The Morgan fingerprint density at radius 1 is 0.920 bits per heavy atom. The average Bonchev–Trinajstić information content (AvgIpc) is 3.00. The van der Waals surface area contributed by atoms with E-state index in [2.05, 4.69) is 19.1 Å². The number of benzene rings is 2. The molecule has 0 saturated carbocycles. The monoisotopic (exact) mass is 354 g/mol. The van der Waals surface area contributed by atoms with E-state index >= 15 is 0 Å².